The van der Waals surface area contributed by atoms with Crippen molar-refractivity contribution in [2.45, 2.75) is 32.4 Å². The van der Waals surface area contributed by atoms with Gasteiger partial charge < -0.3 is 10.3 Å². The van der Waals surface area contributed by atoms with Crippen molar-refractivity contribution in [3.8, 4) is 0 Å². The van der Waals surface area contributed by atoms with Gasteiger partial charge in [-0.1, -0.05) is 34.8 Å². The molecule has 3 rings (SSSR count). The molecule has 2 aromatic carbocycles. The minimum Gasteiger partial charge on any atom is -0.342 e. The van der Waals surface area contributed by atoms with Crippen LogP contribution >= 0.6 is 34.8 Å². The van der Waals surface area contributed by atoms with Crippen LogP contribution in [0.4, 0.5) is 0 Å². The molecule has 4 nitrogen and oxygen atoms in total. The SMILES string of the molecule is C[C@H](NCc1cc(Cl)cc(Cl)c1)C(=O)CCc1nc2ccc(Cl)cc2[nH]1. The topological polar surface area (TPSA) is 57.8 Å². The number of Topliss-reactive ketones (excluding diaryl/α,β-unsaturated/α-hetero) is 1. The van der Waals surface area contributed by atoms with Gasteiger partial charge in [0.05, 0.1) is 17.1 Å². The quantitative estimate of drug-likeness (QED) is 0.562. The van der Waals surface area contributed by atoms with Gasteiger partial charge in [-0.25, -0.2) is 4.98 Å². The van der Waals surface area contributed by atoms with E-state index in [9.17, 15) is 4.79 Å². The van der Waals surface area contributed by atoms with Crippen molar-refractivity contribution in [2.75, 3.05) is 0 Å². The lowest BCUT2D eigenvalue weighted by Crippen LogP contribution is -2.33. The van der Waals surface area contributed by atoms with Crippen LogP contribution in [0.5, 0.6) is 0 Å². The maximum atomic E-state index is 12.4. The minimum atomic E-state index is -0.272. The van der Waals surface area contributed by atoms with Crippen molar-refractivity contribution in [1.82, 2.24) is 15.3 Å². The first-order valence-corrected chi connectivity index (χ1v) is 9.39. The third-order valence-corrected chi connectivity index (χ3v) is 4.79. The number of imidazole rings is 1. The van der Waals surface area contributed by atoms with E-state index < -0.39 is 0 Å². The van der Waals surface area contributed by atoms with Crippen molar-refractivity contribution in [1.29, 1.82) is 0 Å². The number of nitrogens with one attached hydrogen (secondary N) is 2. The van der Waals surface area contributed by atoms with E-state index in [0.717, 1.165) is 22.4 Å². The van der Waals surface area contributed by atoms with Gasteiger partial charge in [0.25, 0.3) is 0 Å². The highest BCUT2D eigenvalue weighted by atomic mass is 35.5. The van der Waals surface area contributed by atoms with Gasteiger partial charge in [-0.05, 0) is 48.9 Å². The maximum absolute atomic E-state index is 12.4. The highest BCUT2D eigenvalue weighted by molar-refractivity contribution is 6.34. The minimum absolute atomic E-state index is 0.122. The van der Waals surface area contributed by atoms with Gasteiger partial charge in [0.15, 0.2) is 0 Å². The molecular formula is C19H18Cl3N3O. The summed E-state index contributed by atoms with van der Waals surface area (Å²) in [4.78, 5) is 20.0. The van der Waals surface area contributed by atoms with Crippen molar-refractivity contribution in [3.63, 3.8) is 0 Å². The molecule has 0 unspecified atom stereocenters. The summed E-state index contributed by atoms with van der Waals surface area (Å²) in [5.41, 5.74) is 2.67. The Labute approximate surface area is 166 Å². The molecule has 0 aliphatic rings. The van der Waals surface area contributed by atoms with E-state index in [1.165, 1.54) is 0 Å². The van der Waals surface area contributed by atoms with E-state index in [1.807, 2.05) is 31.2 Å². The van der Waals surface area contributed by atoms with Gasteiger partial charge in [0.1, 0.15) is 11.6 Å². The second-order valence-electron chi connectivity index (χ2n) is 6.19. The van der Waals surface area contributed by atoms with Crippen LogP contribution in [0.2, 0.25) is 15.1 Å². The Hall–Kier alpha value is -1.59. The first-order valence-electron chi connectivity index (χ1n) is 8.26. The third-order valence-electron chi connectivity index (χ3n) is 4.12. The zero-order chi connectivity index (χ0) is 18.7. The first-order chi connectivity index (χ1) is 12.4. The standard InChI is InChI=1S/C19H18Cl3N3O/c1-11(23-10-12-6-14(21)8-15(22)7-12)18(26)4-5-19-24-16-3-2-13(20)9-17(16)25-19/h2-3,6-9,11,23H,4-5,10H2,1H3,(H,24,25)/t11-/m0/s1. The number of carbonyl (C=O) groups excluding carboxylic acids is 1. The summed E-state index contributed by atoms with van der Waals surface area (Å²) < 4.78 is 0. The Balaban J connectivity index is 1.53. The molecule has 26 heavy (non-hydrogen) atoms. The van der Waals surface area contributed by atoms with E-state index in [4.69, 9.17) is 34.8 Å². The van der Waals surface area contributed by atoms with Crippen LogP contribution in [0, 0.1) is 0 Å². The maximum Gasteiger partial charge on any atom is 0.149 e. The second kappa shape index (κ2) is 8.40. The lowest BCUT2D eigenvalue weighted by Gasteiger charge is -2.13. The summed E-state index contributed by atoms with van der Waals surface area (Å²) >= 11 is 18.0. The fourth-order valence-corrected chi connectivity index (χ4v) is 3.45. The van der Waals surface area contributed by atoms with Gasteiger partial charge in [0, 0.05) is 34.5 Å². The van der Waals surface area contributed by atoms with Crippen molar-refractivity contribution < 1.29 is 4.79 Å². The van der Waals surface area contributed by atoms with Crippen LogP contribution in [0.3, 0.4) is 0 Å². The molecule has 0 fully saturated rings. The van der Waals surface area contributed by atoms with Crippen LogP contribution in [0.15, 0.2) is 36.4 Å². The summed E-state index contributed by atoms with van der Waals surface area (Å²) in [5.74, 6) is 0.904. The molecule has 3 aromatic rings. The molecule has 0 saturated heterocycles. The number of fused-ring (bicyclic) bond motifs is 1. The van der Waals surface area contributed by atoms with Crippen LogP contribution < -0.4 is 5.32 Å². The molecule has 0 saturated carbocycles. The Bertz CT molecular complexity index is 919. The number of benzene rings is 2. The van der Waals surface area contributed by atoms with Crippen LogP contribution in [0.1, 0.15) is 24.7 Å². The van der Waals surface area contributed by atoms with Gasteiger partial charge in [-0.15, -0.1) is 0 Å². The van der Waals surface area contributed by atoms with Gasteiger partial charge in [-0.2, -0.15) is 0 Å². The summed E-state index contributed by atoms with van der Waals surface area (Å²) in [6.07, 6.45) is 0.957. The summed E-state index contributed by atoms with van der Waals surface area (Å²) in [7, 11) is 0. The zero-order valence-electron chi connectivity index (χ0n) is 14.2. The Kier molecular flexibility index (Phi) is 6.20. The van der Waals surface area contributed by atoms with Crippen LogP contribution in [-0.2, 0) is 17.8 Å². The Morgan fingerprint density at radius 1 is 1.12 bits per heavy atom. The van der Waals surface area contributed by atoms with E-state index in [0.29, 0.717) is 34.5 Å². The monoisotopic (exact) mass is 409 g/mol. The predicted octanol–water partition coefficient (Wildman–Crippen LogP) is 5.20. The molecule has 0 radical (unpaired) electrons. The normalized spacial score (nSPS) is 12.5. The third kappa shape index (κ3) is 4.98. The molecule has 7 heteroatoms. The van der Waals surface area contributed by atoms with Crippen LogP contribution in [0.25, 0.3) is 11.0 Å². The molecule has 0 spiro atoms. The molecule has 136 valence electrons. The van der Waals surface area contributed by atoms with Crippen molar-refractivity contribution in [3.05, 3.63) is 62.9 Å². The average molecular weight is 411 g/mol. The fraction of sp³-hybridized carbons (Fsp3) is 0.263. The summed E-state index contributed by atoms with van der Waals surface area (Å²) in [5, 5.41) is 5.03. The number of aryl methyl sites for hydroxylation is 1. The molecule has 2 N–H and O–H groups in total. The summed E-state index contributed by atoms with van der Waals surface area (Å²) in [6, 6.07) is 10.6. The first kappa shape index (κ1) is 19.2. The zero-order valence-corrected chi connectivity index (χ0v) is 16.4. The largest absolute Gasteiger partial charge is 0.342 e. The number of halogens is 3. The molecule has 1 heterocycles. The number of carbonyl (C=O) groups is 1. The average Bonchev–Trinajstić information content (AvgIpc) is 2.98. The van der Waals surface area contributed by atoms with E-state index >= 15 is 0 Å². The van der Waals surface area contributed by atoms with E-state index in [2.05, 4.69) is 15.3 Å². The number of aromatic amines is 1. The molecule has 0 aliphatic carbocycles. The molecule has 1 aromatic heterocycles. The Morgan fingerprint density at radius 2 is 1.85 bits per heavy atom. The predicted molar refractivity (Wildman–Crippen MR) is 107 cm³/mol. The number of hydrogen-bond donors (Lipinski definition) is 2. The number of nitrogens with zero attached hydrogens (tertiary/aromatic N) is 1. The van der Waals surface area contributed by atoms with Gasteiger partial charge in [0.2, 0.25) is 0 Å². The van der Waals surface area contributed by atoms with Gasteiger partial charge in [-0.3, -0.25) is 4.79 Å². The van der Waals surface area contributed by atoms with Crippen molar-refractivity contribution in [2.24, 2.45) is 0 Å². The highest BCUT2D eigenvalue weighted by Gasteiger charge is 2.14. The lowest BCUT2D eigenvalue weighted by atomic mass is 10.1. The van der Waals surface area contributed by atoms with E-state index in [-0.39, 0.29) is 11.8 Å². The molecule has 1 atom stereocenters. The highest BCUT2D eigenvalue weighted by Crippen LogP contribution is 2.19. The van der Waals surface area contributed by atoms with Crippen molar-refractivity contribution >= 4 is 51.6 Å². The number of aromatic nitrogens is 2. The fourth-order valence-electron chi connectivity index (χ4n) is 2.71. The molecule has 0 amide bonds. The number of ketones is 1. The number of rotatable bonds is 7. The number of hydrogen-bond acceptors (Lipinski definition) is 3. The van der Waals surface area contributed by atoms with Crippen LogP contribution in [-0.4, -0.2) is 21.8 Å². The second-order valence-corrected chi connectivity index (χ2v) is 7.50. The van der Waals surface area contributed by atoms with Gasteiger partial charge >= 0.3 is 0 Å². The molecular weight excluding hydrogens is 393 g/mol. The summed E-state index contributed by atoms with van der Waals surface area (Å²) in [6.45, 7) is 2.38. The number of H-pyrrole nitrogens is 1. The smallest absolute Gasteiger partial charge is 0.149 e. The molecule has 0 aliphatic heterocycles. The van der Waals surface area contributed by atoms with E-state index in [1.54, 1.807) is 12.1 Å². The molecule has 0 bridgehead atoms. The lowest BCUT2D eigenvalue weighted by molar-refractivity contribution is -0.120. The Morgan fingerprint density at radius 3 is 2.58 bits per heavy atom.